The van der Waals surface area contributed by atoms with Crippen molar-refractivity contribution in [3.63, 3.8) is 0 Å². The molecule has 2 saturated heterocycles. The molecule has 2 amide bonds. The Bertz CT molecular complexity index is 590. The van der Waals surface area contributed by atoms with Crippen LogP contribution < -0.4 is 0 Å². The van der Waals surface area contributed by atoms with Crippen LogP contribution in [0.5, 0.6) is 0 Å². The summed E-state index contributed by atoms with van der Waals surface area (Å²) in [5.41, 5.74) is 2.54. The van der Waals surface area contributed by atoms with Crippen LogP contribution >= 0.6 is 0 Å². The van der Waals surface area contributed by atoms with Crippen molar-refractivity contribution in [3.8, 4) is 0 Å². The van der Waals surface area contributed by atoms with Gasteiger partial charge in [0.1, 0.15) is 0 Å². The van der Waals surface area contributed by atoms with Crippen LogP contribution in [-0.2, 0) is 22.4 Å². The highest BCUT2D eigenvalue weighted by Crippen LogP contribution is 2.22. The number of piperidine rings is 1. The number of carbonyl (C=O) groups excluding carboxylic acids is 2. The van der Waals surface area contributed by atoms with E-state index in [0.717, 1.165) is 58.2 Å². The highest BCUT2D eigenvalue weighted by Gasteiger charge is 2.31. The van der Waals surface area contributed by atoms with E-state index in [1.165, 1.54) is 11.1 Å². The van der Waals surface area contributed by atoms with Gasteiger partial charge in [0.2, 0.25) is 11.8 Å². The van der Waals surface area contributed by atoms with Gasteiger partial charge in [-0.05, 0) is 49.7 Å². The van der Waals surface area contributed by atoms with E-state index in [9.17, 15) is 9.59 Å². The van der Waals surface area contributed by atoms with E-state index in [4.69, 9.17) is 0 Å². The average molecular weight is 342 g/mol. The fourth-order valence-corrected chi connectivity index (χ4v) is 3.95. The molecular formula is C21H30N2O2. The number of hydrogen-bond donors (Lipinski definition) is 0. The van der Waals surface area contributed by atoms with Gasteiger partial charge in [0.25, 0.3) is 0 Å². The van der Waals surface area contributed by atoms with Gasteiger partial charge in [-0.15, -0.1) is 0 Å². The maximum Gasteiger partial charge on any atom is 0.227 e. The fraction of sp³-hybridized carbons (Fsp3) is 0.619. The predicted octanol–water partition coefficient (Wildman–Crippen LogP) is 3.04. The van der Waals surface area contributed by atoms with E-state index < -0.39 is 0 Å². The molecule has 0 N–H and O–H groups in total. The van der Waals surface area contributed by atoms with E-state index in [-0.39, 0.29) is 17.7 Å². The predicted molar refractivity (Wildman–Crippen MR) is 99.3 cm³/mol. The SMILES string of the molecule is CCc1ccc(CCC(=O)N2CCC[C@H](C(=O)N3CCCC3)C2)cc1. The number of nitrogens with zero attached hydrogens (tertiary/aromatic N) is 2. The monoisotopic (exact) mass is 342 g/mol. The van der Waals surface area contributed by atoms with Crippen molar-refractivity contribution in [2.75, 3.05) is 26.2 Å². The average Bonchev–Trinajstić information content (AvgIpc) is 3.20. The lowest BCUT2D eigenvalue weighted by Gasteiger charge is -2.34. The number of amides is 2. The Hall–Kier alpha value is -1.84. The number of rotatable bonds is 5. The van der Waals surface area contributed by atoms with Crippen LogP contribution in [0.1, 0.15) is 50.2 Å². The Morgan fingerprint density at radius 2 is 1.60 bits per heavy atom. The molecule has 2 aliphatic rings. The lowest BCUT2D eigenvalue weighted by molar-refractivity contribution is -0.140. The number of benzene rings is 1. The molecule has 0 radical (unpaired) electrons. The van der Waals surface area contributed by atoms with Crippen molar-refractivity contribution in [2.45, 2.75) is 51.9 Å². The number of carbonyl (C=O) groups is 2. The number of likely N-dealkylation sites (tertiary alicyclic amines) is 2. The first-order chi connectivity index (χ1) is 12.2. The van der Waals surface area contributed by atoms with E-state index in [0.29, 0.717) is 13.0 Å². The molecule has 2 aliphatic heterocycles. The summed E-state index contributed by atoms with van der Waals surface area (Å²) in [4.78, 5) is 29.1. The second kappa shape index (κ2) is 8.50. The zero-order valence-corrected chi connectivity index (χ0v) is 15.4. The Morgan fingerprint density at radius 1 is 0.960 bits per heavy atom. The highest BCUT2D eigenvalue weighted by molar-refractivity contribution is 5.81. The molecule has 4 nitrogen and oxygen atoms in total. The molecule has 4 heteroatoms. The molecule has 2 heterocycles. The van der Waals surface area contributed by atoms with Crippen LogP contribution in [0.2, 0.25) is 0 Å². The van der Waals surface area contributed by atoms with E-state index >= 15 is 0 Å². The van der Waals surface area contributed by atoms with Crippen molar-refractivity contribution < 1.29 is 9.59 Å². The normalized spacial score (nSPS) is 20.8. The van der Waals surface area contributed by atoms with Crippen molar-refractivity contribution in [3.05, 3.63) is 35.4 Å². The second-order valence-corrected chi connectivity index (χ2v) is 7.38. The first-order valence-corrected chi connectivity index (χ1v) is 9.81. The summed E-state index contributed by atoms with van der Waals surface area (Å²) in [5, 5.41) is 0. The van der Waals surface area contributed by atoms with Crippen molar-refractivity contribution in [1.82, 2.24) is 9.80 Å². The first-order valence-electron chi connectivity index (χ1n) is 9.81. The van der Waals surface area contributed by atoms with Gasteiger partial charge in [0.05, 0.1) is 5.92 Å². The van der Waals surface area contributed by atoms with Crippen molar-refractivity contribution >= 4 is 11.8 Å². The molecule has 0 spiro atoms. The van der Waals surface area contributed by atoms with Gasteiger partial charge in [0.15, 0.2) is 0 Å². The molecule has 25 heavy (non-hydrogen) atoms. The Morgan fingerprint density at radius 3 is 2.28 bits per heavy atom. The van der Waals surface area contributed by atoms with Crippen LogP contribution in [-0.4, -0.2) is 47.8 Å². The molecular weight excluding hydrogens is 312 g/mol. The minimum Gasteiger partial charge on any atom is -0.342 e. The minimum atomic E-state index is 0.0136. The summed E-state index contributed by atoms with van der Waals surface area (Å²) in [5.74, 6) is 0.475. The molecule has 1 aromatic carbocycles. The summed E-state index contributed by atoms with van der Waals surface area (Å²) < 4.78 is 0. The van der Waals surface area contributed by atoms with Gasteiger partial charge >= 0.3 is 0 Å². The summed E-state index contributed by atoms with van der Waals surface area (Å²) in [6, 6.07) is 8.54. The first kappa shape index (κ1) is 18.0. The maximum atomic E-state index is 12.6. The second-order valence-electron chi connectivity index (χ2n) is 7.38. The topological polar surface area (TPSA) is 40.6 Å². The lowest BCUT2D eigenvalue weighted by Crippen LogP contribution is -2.46. The molecule has 0 unspecified atom stereocenters. The maximum absolute atomic E-state index is 12.6. The Balaban J connectivity index is 1.50. The molecule has 0 aliphatic carbocycles. The Kier molecular flexibility index (Phi) is 6.11. The van der Waals surface area contributed by atoms with Crippen LogP contribution in [0.25, 0.3) is 0 Å². The fourth-order valence-electron chi connectivity index (χ4n) is 3.95. The summed E-state index contributed by atoms with van der Waals surface area (Å²) in [7, 11) is 0. The standard InChI is InChI=1S/C21H30N2O2/c1-2-17-7-9-18(10-8-17)11-12-20(24)23-15-5-6-19(16-23)21(25)22-13-3-4-14-22/h7-10,19H,2-6,11-16H2,1H3/t19-/m0/s1. The number of aryl methyl sites for hydroxylation is 2. The third-order valence-electron chi connectivity index (χ3n) is 5.60. The van der Waals surface area contributed by atoms with Gasteiger partial charge in [0, 0.05) is 32.6 Å². The van der Waals surface area contributed by atoms with Gasteiger partial charge in [-0.1, -0.05) is 31.2 Å². The summed E-state index contributed by atoms with van der Waals surface area (Å²) >= 11 is 0. The third-order valence-corrected chi connectivity index (χ3v) is 5.60. The number of hydrogen-bond acceptors (Lipinski definition) is 2. The van der Waals surface area contributed by atoms with E-state index in [2.05, 4.69) is 31.2 Å². The Labute approximate surface area is 151 Å². The molecule has 0 bridgehead atoms. The lowest BCUT2D eigenvalue weighted by atomic mass is 9.96. The quantitative estimate of drug-likeness (QED) is 0.825. The third kappa shape index (κ3) is 4.62. The minimum absolute atomic E-state index is 0.0136. The van der Waals surface area contributed by atoms with Gasteiger partial charge in [-0.2, -0.15) is 0 Å². The molecule has 0 saturated carbocycles. The van der Waals surface area contributed by atoms with Crippen LogP contribution in [0.3, 0.4) is 0 Å². The summed E-state index contributed by atoms with van der Waals surface area (Å²) in [6.07, 6.45) is 6.48. The highest BCUT2D eigenvalue weighted by atomic mass is 16.2. The molecule has 1 atom stereocenters. The van der Waals surface area contributed by atoms with Gasteiger partial charge in [-0.3, -0.25) is 9.59 Å². The smallest absolute Gasteiger partial charge is 0.227 e. The van der Waals surface area contributed by atoms with Crippen LogP contribution in [0.15, 0.2) is 24.3 Å². The van der Waals surface area contributed by atoms with Crippen LogP contribution in [0, 0.1) is 5.92 Å². The van der Waals surface area contributed by atoms with Gasteiger partial charge in [-0.25, -0.2) is 0 Å². The van der Waals surface area contributed by atoms with E-state index in [1.54, 1.807) is 0 Å². The molecule has 1 aromatic rings. The van der Waals surface area contributed by atoms with Gasteiger partial charge < -0.3 is 9.80 Å². The van der Waals surface area contributed by atoms with Crippen molar-refractivity contribution in [2.24, 2.45) is 5.92 Å². The molecule has 136 valence electrons. The summed E-state index contributed by atoms with van der Waals surface area (Å²) in [6.45, 7) is 5.36. The largest absolute Gasteiger partial charge is 0.342 e. The molecule has 2 fully saturated rings. The zero-order chi connectivity index (χ0) is 17.6. The van der Waals surface area contributed by atoms with Crippen molar-refractivity contribution in [1.29, 1.82) is 0 Å². The zero-order valence-electron chi connectivity index (χ0n) is 15.4. The molecule has 0 aromatic heterocycles. The van der Waals surface area contributed by atoms with E-state index in [1.807, 2.05) is 9.80 Å². The molecule has 3 rings (SSSR count). The van der Waals surface area contributed by atoms with Crippen LogP contribution in [0.4, 0.5) is 0 Å².